The zero-order chi connectivity index (χ0) is 54.1. The van der Waals surface area contributed by atoms with Crippen LogP contribution in [0.5, 0.6) is 0 Å². The molecule has 0 spiro atoms. The van der Waals surface area contributed by atoms with Gasteiger partial charge in [-0.05, 0) is 6.42 Å². The number of rotatable bonds is 35. The number of carboxylic acid groups (broad SMARTS) is 1. The maximum absolute atomic E-state index is 12.7. The van der Waals surface area contributed by atoms with Crippen molar-refractivity contribution in [3.05, 3.63) is 12.7 Å². The van der Waals surface area contributed by atoms with E-state index in [0.29, 0.717) is 12.2 Å². The number of hydrogen-bond donors (Lipinski definition) is 12. The Kier molecular flexibility index (Phi) is 29.3. The first-order valence-electron chi connectivity index (χ1n) is 23.4. The van der Waals surface area contributed by atoms with Gasteiger partial charge in [0.05, 0.1) is 26.1 Å². The van der Waals surface area contributed by atoms with Gasteiger partial charge in [-0.3, -0.25) is 37.3 Å². The summed E-state index contributed by atoms with van der Waals surface area (Å²) >= 11 is 1.15. The zero-order valence-electron chi connectivity index (χ0n) is 40.6. The molecule has 1 aliphatic heterocycles. The van der Waals surface area contributed by atoms with Crippen LogP contribution in [0.2, 0.25) is 0 Å². The number of nitrogens with zero attached hydrogens (tertiary/aromatic N) is 4. The average molecular weight is 1110 g/mol. The number of unbranched alkanes of at least 4 members (excludes halogenated alkanes) is 12. The summed E-state index contributed by atoms with van der Waals surface area (Å²) in [5, 5.41) is 42.5. The van der Waals surface area contributed by atoms with Gasteiger partial charge in [0.15, 0.2) is 22.8 Å². The monoisotopic (exact) mass is 1110 g/mol. The Labute approximate surface area is 421 Å². The summed E-state index contributed by atoms with van der Waals surface area (Å²) in [5.74, 6) is -2.20. The Balaban J connectivity index is 0.00000235. The SMILES string of the molecule is CCCCCCCCCCCCCCCC(=O)SCCNC(=O)CCNC(=O)C(O)C(C)(C)COP(=O)(O)OP(=O)(O)OC[C@H]1O[C@@H](n2cnc3c(N)ncnc32)[C@H](O)[C@@H]1OP(=O)(O)O.NC(CO)C(=O)O. The molecule has 0 bridgehead atoms. The standard InChI is InChI=1S/C37H66N7O17P3S.C3H7NO3/c1-4-5-6-7-8-9-10-11-12-13-14-15-16-17-28(46)65-21-20-39-27(45)18-19-40-35(49)32(48)37(2,3)23-58-64(55,56)61-63(53,54)57-22-26-31(60-62(50,51)52)30(47)36(59-26)44-25-43-29-33(38)41-24-42-34(29)44;4-2(1-5)3(6)7/h24-26,30-32,36,47-48H,4-23H2,1-3H3,(H,39,45)(H,40,49)(H,53,54)(H,55,56)(H2,38,41,42)(H2,50,51,52);2,5H,1,4H2,(H,6,7)/t26-,30-,31-,32?,36-;/m1./s1. The van der Waals surface area contributed by atoms with E-state index >= 15 is 0 Å². The minimum atomic E-state index is -5.57. The largest absolute Gasteiger partial charge is 0.481 e. The average Bonchev–Trinajstić information content (AvgIpc) is 3.87. The van der Waals surface area contributed by atoms with E-state index in [-0.39, 0.29) is 41.6 Å². The van der Waals surface area contributed by atoms with Gasteiger partial charge in [-0.1, -0.05) is 110 Å². The molecular formula is C40H73N8O20P3S. The molecule has 0 saturated carbocycles. The summed E-state index contributed by atoms with van der Waals surface area (Å²) in [6.07, 6.45) is 9.53. The molecule has 1 aliphatic rings. The smallest absolute Gasteiger partial charge is 0.480 e. The first-order valence-corrected chi connectivity index (χ1v) is 28.9. The summed E-state index contributed by atoms with van der Waals surface area (Å²) < 4.78 is 62.4. The number of imidazole rings is 1. The first-order chi connectivity index (χ1) is 33.7. The van der Waals surface area contributed by atoms with Crippen LogP contribution in [0.3, 0.4) is 0 Å². The van der Waals surface area contributed by atoms with E-state index in [2.05, 4.69) is 41.3 Å². The molecule has 0 radical (unpaired) electrons. The number of nitrogen functional groups attached to an aromatic ring is 1. The summed E-state index contributed by atoms with van der Waals surface area (Å²) in [6.45, 7) is 2.30. The van der Waals surface area contributed by atoms with E-state index < -0.39 is 103 Å². The molecule has 72 heavy (non-hydrogen) atoms. The van der Waals surface area contributed by atoms with E-state index in [1.165, 1.54) is 78.1 Å². The third-order valence-corrected chi connectivity index (χ3v) is 14.8. The van der Waals surface area contributed by atoms with Crippen molar-refractivity contribution in [1.82, 2.24) is 30.2 Å². The minimum Gasteiger partial charge on any atom is -0.480 e. The molecule has 32 heteroatoms. The Morgan fingerprint density at radius 1 is 0.875 bits per heavy atom. The number of carbonyl (C=O) groups excluding carboxylic acids is 3. The molecule has 0 aromatic carbocycles. The fourth-order valence-corrected chi connectivity index (χ4v) is 10.3. The van der Waals surface area contributed by atoms with Crippen LogP contribution in [0.1, 0.15) is 123 Å². The minimum absolute atomic E-state index is 0.0338. The fourth-order valence-electron chi connectivity index (χ4n) is 6.73. The zero-order valence-corrected chi connectivity index (χ0v) is 44.1. The lowest BCUT2D eigenvalue weighted by Crippen LogP contribution is -2.46. The summed E-state index contributed by atoms with van der Waals surface area (Å²) in [7, 11) is -16.4. The van der Waals surface area contributed by atoms with Crippen molar-refractivity contribution >= 4 is 75.1 Å². The highest BCUT2D eigenvalue weighted by Gasteiger charge is 2.50. The van der Waals surface area contributed by atoms with Crippen LogP contribution in [0.15, 0.2) is 12.7 Å². The number of anilines is 1. The van der Waals surface area contributed by atoms with Crippen molar-refractivity contribution in [1.29, 1.82) is 0 Å². The molecule has 2 amide bonds. The maximum atomic E-state index is 12.7. The van der Waals surface area contributed by atoms with Gasteiger partial charge in [0.25, 0.3) is 0 Å². The summed E-state index contributed by atoms with van der Waals surface area (Å²) in [5.41, 5.74) is 9.05. The van der Waals surface area contributed by atoms with Crippen LogP contribution in [0.25, 0.3) is 11.2 Å². The van der Waals surface area contributed by atoms with Crippen LogP contribution in [0.4, 0.5) is 5.82 Å². The lowest BCUT2D eigenvalue weighted by atomic mass is 9.87. The number of carboxylic acids is 1. The van der Waals surface area contributed by atoms with Crippen molar-refractivity contribution in [2.75, 3.05) is 44.4 Å². The Bertz CT molecular complexity index is 2140. The lowest BCUT2D eigenvalue weighted by Gasteiger charge is -2.30. The highest BCUT2D eigenvalue weighted by atomic mass is 32.2. The number of amides is 2. The molecular weight excluding hydrogens is 1040 g/mol. The van der Waals surface area contributed by atoms with Gasteiger partial charge in [0.1, 0.15) is 42.3 Å². The number of nitrogens with one attached hydrogen (secondary N) is 2. The second kappa shape index (κ2) is 32.4. The molecule has 3 heterocycles. The van der Waals surface area contributed by atoms with Gasteiger partial charge in [-0.15, -0.1) is 0 Å². The number of aliphatic hydroxyl groups is 3. The van der Waals surface area contributed by atoms with Crippen LogP contribution >= 0.6 is 35.2 Å². The topological polar surface area (TPSA) is 447 Å². The highest BCUT2D eigenvalue weighted by molar-refractivity contribution is 8.13. The molecule has 8 atom stereocenters. The molecule has 2 aromatic rings. The first kappa shape index (κ1) is 65.1. The summed E-state index contributed by atoms with van der Waals surface area (Å²) in [4.78, 5) is 97.9. The maximum Gasteiger partial charge on any atom is 0.481 e. The molecule has 28 nitrogen and oxygen atoms in total. The van der Waals surface area contributed by atoms with Crippen molar-refractivity contribution in [3.8, 4) is 0 Å². The van der Waals surface area contributed by atoms with E-state index in [1.54, 1.807) is 0 Å². The number of aliphatic carboxylic acids is 1. The number of aliphatic hydroxyl groups excluding tert-OH is 3. The van der Waals surface area contributed by atoms with Crippen LogP contribution in [-0.2, 0) is 55.5 Å². The second-order valence-electron chi connectivity index (χ2n) is 17.4. The van der Waals surface area contributed by atoms with Crippen LogP contribution < -0.4 is 22.1 Å². The van der Waals surface area contributed by atoms with Crippen molar-refractivity contribution in [2.24, 2.45) is 11.1 Å². The molecule has 0 aliphatic carbocycles. The normalized spacial score (nSPS) is 19.7. The number of ether oxygens (including phenoxy) is 1. The van der Waals surface area contributed by atoms with Crippen LogP contribution in [0, 0.1) is 5.41 Å². The number of carbonyl (C=O) groups is 4. The van der Waals surface area contributed by atoms with Gasteiger partial charge in [-0.2, -0.15) is 4.31 Å². The number of nitrogens with two attached hydrogens (primary N) is 2. The van der Waals surface area contributed by atoms with Crippen LogP contribution in [-0.4, -0.2) is 152 Å². The van der Waals surface area contributed by atoms with E-state index in [0.717, 1.165) is 48.2 Å². The summed E-state index contributed by atoms with van der Waals surface area (Å²) in [6, 6.07) is -1.13. The molecule has 414 valence electrons. The van der Waals surface area contributed by atoms with E-state index in [1.807, 2.05) is 0 Å². The van der Waals surface area contributed by atoms with Crippen molar-refractivity contribution in [2.45, 2.75) is 154 Å². The number of aromatic nitrogens is 4. The predicted molar refractivity (Wildman–Crippen MR) is 260 cm³/mol. The van der Waals surface area contributed by atoms with E-state index in [9.17, 15) is 62.7 Å². The van der Waals surface area contributed by atoms with E-state index in [4.69, 9.17) is 35.5 Å². The number of hydrogen-bond acceptors (Lipinski definition) is 21. The fraction of sp³-hybridized carbons (Fsp3) is 0.775. The third-order valence-electron chi connectivity index (χ3n) is 10.8. The van der Waals surface area contributed by atoms with Gasteiger partial charge in [0.2, 0.25) is 11.8 Å². The van der Waals surface area contributed by atoms with Gasteiger partial charge in [-0.25, -0.2) is 28.6 Å². The number of thioether (sulfide) groups is 1. The van der Waals surface area contributed by atoms with Gasteiger partial charge in [0, 0.05) is 37.1 Å². The molecule has 1 saturated heterocycles. The highest BCUT2D eigenvalue weighted by Crippen LogP contribution is 2.61. The molecule has 14 N–H and O–H groups in total. The molecule has 3 rings (SSSR count). The third kappa shape index (κ3) is 25.0. The number of fused-ring (bicyclic) bond motifs is 1. The molecule has 1 fully saturated rings. The Morgan fingerprint density at radius 3 is 2.01 bits per heavy atom. The number of phosphoric ester groups is 3. The quantitative estimate of drug-likeness (QED) is 0.0348. The van der Waals surface area contributed by atoms with Gasteiger partial charge < -0.3 is 66.8 Å². The van der Waals surface area contributed by atoms with Crippen molar-refractivity contribution < 1.29 is 95.5 Å². The Morgan fingerprint density at radius 2 is 1.46 bits per heavy atom. The lowest BCUT2D eigenvalue weighted by molar-refractivity contribution is -0.139. The molecule has 2 aromatic heterocycles. The molecule has 4 unspecified atom stereocenters. The van der Waals surface area contributed by atoms with Gasteiger partial charge >= 0.3 is 29.4 Å². The predicted octanol–water partition coefficient (Wildman–Crippen LogP) is 2.54. The van der Waals surface area contributed by atoms with Crippen molar-refractivity contribution in [3.63, 3.8) is 0 Å². The Hall–Kier alpha value is -3.05. The second-order valence-corrected chi connectivity index (χ2v) is 22.8. The number of phosphoric acid groups is 3.